The zero-order chi connectivity index (χ0) is 12.3. The fourth-order valence-electron chi connectivity index (χ4n) is 2.41. The zero-order valence-corrected chi connectivity index (χ0v) is 11.9. The first-order valence-corrected chi connectivity index (χ1v) is 6.43. The Kier molecular flexibility index (Phi) is 6.05. The maximum absolute atomic E-state index is 5.44. The van der Waals surface area contributed by atoms with Crippen LogP contribution in [0.1, 0.15) is 38.4 Å². The lowest BCUT2D eigenvalue weighted by atomic mass is 9.87. The van der Waals surface area contributed by atoms with Crippen molar-refractivity contribution in [3.63, 3.8) is 0 Å². The Morgan fingerprint density at radius 2 is 2.06 bits per heavy atom. The van der Waals surface area contributed by atoms with Crippen LogP contribution in [0, 0.1) is 11.8 Å². The third-order valence-corrected chi connectivity index (χ3v) is 3.62. The smallest absolute Gasteiger partial charge is 0.240 e. The first-order valence-electron chi connectivity index (χ1n) is 6.43. The number of hydrogen-bond acceptors (Lipinski definition) is 5. The van der Waals surface area contributed by atoms with Crippen molar-refractivity contribution >= 4 is 12.4 Å². The Bertz CT molecular complexity index is 348. The maximum atomic E-state index is 5.44. The van der Waals surface area contributed by atoms with Crippen molar-refractivity contribution in [1.82, 2.24) is 15.0 Å². The van der Waals surface area contributed by atoms with E-state index in [1.807, 2.05) is 0 Å². The zero-order valence-electron chi connectivity index (χ0n) is 11.1. The second-order valence-electron chi connectivity index (χ2n) is 5.17. The van der Waals surface area contributed by atoms with Crippen molar-refractivity contribution < 1.29 is 4.52 Å². The average Bonchev–Trinajstić information content (AvgIpc) is 2.77. The first-order chi connectivity index (χ1) is 8.19. The quantitative estimate of drug-likeness (QED) is 0.907. The van der Waals surface area contributed by atoms with E-state index in [4.69, 9.17) is 10.3 Å². The normalized spacial score (nSPS) is 18.0. The van der Waals surface area contributed by atoms with Crippen molar-refractivity contribution in [3.05, 3.63) is 11.7 Å². The van der Waals surface area contributed by atoms with Crippen molar-refractivity contribution in [3.8, 4) is 0 Å². The summed E-state index contributed by atoms with van der Waals surface area (Å²) in [6, 6.07) is 0. The van der Waals surface area contributed by atoms with Gasteiger partial charge in [-0.05, 0) is 37.8 Å². The molecule has 1 aromatic rings. The summed E-state index contributed by atoms with van der Waals surface area (Å²) < 4.78 is 5.00. The van der Waals surface area contributed by atoms with Crippen molar-refractivity contribution in [2.24, 2.45) is 17.6 Å². The molecule has 2 heterocycles. The Hall–Kier alpha value is -0.650. The van der Waals surface area contributed by atoms with Gasteiger partial charge in [-0.1, -0.05) is 19.0 Å². The second-order valence-corrected chi connectivity index (χ2v) is 5.17. The summed E-state index contributed by atoms with van der Waals surface area (Å²) in [7, 11) is 0. The molecule has 104 valence electrons. The van der Waals surface area contributed by atoms with Gasteiger partial charge < -0.3 is 10.3 Å². The largest absolute Gasteiger partial charge is 0.338 e. The predicted molar refractivity (Wildman–Crippen MR) is 72.3 cm³/mol. The third-order valence-electron chi connectivity index (χ3n) is 3.62. The van der Waals surface area contributed by atoms with E-state index in [0.717, 1.165) is 37.3 Å². The number of piperidine rings is 1. The molecule has 0 radical (unpaired) electrons. The highest BCUT2D eigenvalue weighted by Crippen LogP contribution is 2.24. The van der Waals surface area contributed by atoms with Gasteiger partial charge >= 0.3 is 0 Å². The van der Waals surface area contributed by atoms with Gasteiger partial charge in [0, 0.05) is 0 Å². The SMILES string of the molecule is CC(C)C1CCN(Cc2noc(CN)n2)CC1.Cl. The summed E-state index contributed by atoms with van der Waals surface area (Å²) in [5.74, 6) is 2.95. The molecule has 6 heteroatoms. The summed E-state index contributed by atoms with van der Waals surface area (Å²) in [5.41, 5.74) is 5.44. The Labute approximate surface area is 115 Å². The highest BCUT2D eigenvalue weighted by atomic mass is 35.5. The number of nitrogens with zero attached hydrogens (tertiary/aromatic N) is 3. The van der Waals surface area contributed by atoms with Crippen molar-refractivity contribution in [2.45, 2.75) is 39.8 Å². The van der Waals surface area contributed by atoms with Gasteiger partial charge in [-0.15, -0.1) is 12.4 Å². The standard InChI is InChI=1S/C12H22N4O.ClH/c1-9(2)10-3-5-16(6-4-10)8-11-14-12(7-13)17-15-11;/h9-10H,3-8,13H2,1-2H3;1H. The van der Waals surface area contributed by atoms with Crippen LogP contribution in [0.4, 0.5) is 0 Å². The monoisotopic (exact) mass is 274 g/mol. The average molecular weight is 275 g/mol. The van der Waals surface area contributed by atoms with E-state index >= 15 is 0 Å². The first kappa shape index (κ1) is 15.4. The summed E-state index contributed by atoms with van der Waals surface area (Å²) in [5, 5.41) is 3.93. The van der Waals surface area contributed by atoms with Crippen LogP contribution in [0.15, 0.2) is 4.52 Å². The van der Waals surface area contributed by atoms with Gasteiger partial charge in [0.15, 0.2) is 5.82 Å². The minimum absolute atomic E-state index is 0. The lowest BCUT2D eigenvalue weighted by Gasteiger charge is -2.33. The molecule has 2 N–H and O–H groups in total. The molecular formula is C12H23ClN4O. The number of nitrogens with two attached hydrogens (primary N) is 1. The molecule has 0 unspecified atom stereocenters. The van der Waals surface area contributed by atoms with E-state index in [2.05, 4.69) is 28.9 Å². The molecule has 1 saturated heterocycles. The van der Waals surface area contributed by atoms with Gasteiger partial charge in [0.1, 0.15) is 0 Å². The molecule has 0 amide bonds. The molecule has 0 spiro atoms. The highest BCUT2D eigenvalue weighted by Gasteiger charge is 2.22. The molecule has 1 aromatic heterocycles. The molecule has 0 bridgehead atoms. The number of hydrogen-bond donors (Lipinski definition) is 1. The molecule has 1 aliphatic heterocycles. The van der Waals surface area contributed by atoms with Crippen LogP contribution in [0.3, 0.4) is 0 Å². The van der Waals surface area contributed by atoms with Gasteiger partial charge in [0.05, 0.1) is 13.1 Å². The fraction of sp³-hybridized carbons (Fsp3) is 0.833. The van der Waals surface area contributed by atoms with E-state index in [1.54, 1.807) is 0 Å². The molecule has 5 nitrogen and oxygen atoms in total. The second kappa shape index (κ2) is 7.07. The van der Waals surface area contributed by atoms with E-state index in [-0.39, 0.29) is 12.4 Å². The number of aromatic nitrogens is 2. The van der Waals surface area contributed by atoms with E-state index in [0.29, 0.717) is 12.4 Å². The Morgan fingerprint density at radius 3 is 2.56 bits per heavy atom. The van der Waals surface area contributed by atoms with Crippen LogP contribution in [-0.4, -0.2) is 28.1 Å². The van der Waals surface area contributed by atoms with E-state index < -0.39 is 0 Å². The van der Waals surface area contributed by atoms with Crippen LogP contribution in [0.5, 0.6) is 0 Å². The lowest BCUT2D eigenvalue weighted by Crippen LogP contribution is -2.35. The number of rotatable bonds is 4. The number of likely N-dealkylation sites (tertiary alicyclic amines) is 1. The molecule has 0 saturated carbocycles. The van der Waals surface area contributed by atoms with Crippen LogP contribution in [-0.2, 0) is 13.1 Å². The minimum atomic E-state index is 0. The minimum Gasteiger partial charge on any atom is -0.338 e. The van der Waals surface area contributed by atoms with Gasteiger partial charge in [-0.2, -0.15) is 4.98 Å². The summed E-state index contributed by atoms with van der Waals surface area (Å²) in [6.07, 6.45) is 2.55. The molecule has 0 atom stereocenters. The summed E-state index contributed by atoms with van der Waals surface area (Å²) >= 11 is 0. The third kappa shape index (κ3) is 3.93. The summed E-state index contributed by atoms with van der Waals surface area (Å²) in [6.45, 7) is 8.00. The molecule has 1 aliphatic rings. The van der Waals surface area contributed by atoms with Crippen LogP contribution < -0.4 is 5.73 Å². The van der Waals surface area contributed by atoms with Crippen LogP contribution >= 0.6 is 12.4 Å². The lowest BCUT2D eigenvalue weighted by molar-refractivity contribution is 0.148. The predicted octanol–water partition coefficient (Wildman–Crippen LogP) is 1.82. The molecule has 2 rings (SSSR count). The maximum Gasteiger partial charge on any atom is 0.240 e. The van der Waals surface area contributed by atoms with E-state index in [1.165, 1.54) is 12.8 Å². The van der Waals surface area contributed by atoms with Gasteiger partial charge in [-0.25, -0.2) is 0 Å². The van der Waals surface area contributed by atoms with Crippen LogP contribution in [0.25, 0.3) is 0 Å². The van der Waals surface area contributed by atoms with Crippen molar-refractivity contribution in [1.29, 1.82) is 0 Å². The van der Waals surface area contributed by atoms with Gasteiger partial charge in [0.2, 0.25) is 5.89 Å². The molecule has 0 aliphatic carbocycles. The fourth-order valence-corrected chi connectivity index (χ4v) is 2.41. The molecular weight excluding hydrogens is 252 g/mol. The van der Waals surface area contributed by atoms with Crippen LogP contribution in [0.2, 0.25) is 0 Å². The summed E-state index contributed by atoms with van der Waals surface area (Å²) in [4.78, 5) is 6.63. The highest BCUT2D eigenvalue weighted by molar-refractivity contribution is 5.85. The molecule has 0 aromatic carbocycles. The Balaban J connectivity index is 0.00000162. The van der Waals surface area contributed by atoms with E-state index in [9.17, 15) is 0 Å². The molecule has 18 heavy (non-hydrogen) atoms. The Morgan fingerprint density at radius 1 is 1.39 bits per heavy atom. The van der Waals surface area contributed by atoms with Gasteiger partial charge in [0.25, 0.3) is 0 Å². The van der Waals surface area contributed by atoms with Gasteiger partial charge in [-0.3, -0.25) is 4.90 Å². The van der Waals surface area contributed by atoms with Crippen molar-refractivity contribution in [2.75, 3.05) is 13.1 Å². The topological polar surface area (TPSA) is 68.2 Å². The number of halogens is 1. The molecule has 1 fully saturated rings.